The van der Waals surface area contributed by atoms with Crippen molar-refractivity contribution in [3.05, 3.63) is 64.5 Å². The Bertz CT molecular complexity index is 1020. The molecule has 10 heteroatoms. The number of aromatic nitrogens is 1. The highest BCUT2D eigenvalue weighted by Gasteiger charge is 2.32. The lowest BCUT2D eigenvalue weighted by molar-refractivity contribution is -0.141. The molecule has 1 aromatic heterocycles. The van der Waals surface area contributed by atoms with Crippen LogP contribution in [0.5, 0.6) is 0 Å². The highest BCUT2D eigenvalue weighted by molar-refractivity contribution is 7.80. The molecule has 1 amide bonds. The number of nitrogens with one attached hydrogen (secondary N) is 1. The monoisotopic (exact) mass is 468 g/mol. The predicted molar refractivity (Wildman–Crippen MR) is 117 cm³/mol. The molecule has 0 aliphatic carbocycles. The maximum absolute atomic E-state index is 13.0. The minimum absolute atomic E-state index is 0.0938. The summed E-state index contributed by atoms with van der Waals surface area (Å²) in [6.45, 7) is 5.72. The fourth-order valence-corrected chi connectivity index (χ4v) is 3.41. The molecule has 1 N–H and O–H groups in total. The third kappa shape index (κ3) is 7.16. The second-order valence-electron chi connectivity index (χ2n) is 7.71. The molecule has 0 radical (unpaired) electrons. The molecule has 1 aromatic carbocycles. The van der Waals surface area contributed by atoms with E-state index in [2.05, 4.69) is 10.3 Å². The third-order valence-electron chi connectivity index (χ3n) is 4.61. The Morgan fingerprint density at radius 2 is 1.97 bits per heavy atom. The van der Waals surface area contributed by atoms with Gasteiger partial charge in [-0.25, -0.2) is 4.98 Å². The van der Waals surface area contributed by atoms with Gasteiger partial charge in [0, 0.05) is 36.6 Å². The standard InChI is InChI=1S/C22H26F3N3O3S/c1-14(2)11-18-17(6-9-20(27-18)22(23,24)25)7-10-21(29)26-13-16-5-8-19(15(3)12-16)28(4)32(30)31/h5-10,12,14H,11,13H2,1-4H3,(H,26,29)(H,30,31)/p-1. The number of nitrogens with zero attached hydrogens (tertiary/aromatic N) is 2. The first kappa shape index (κ1) is 25.5. The first-order valence-electron chi connectivity index (χ1n) is 9.84. The largest absolute Gasteiger partial charge is 0.755 e. The van der Waals surface area contributed by atoms with Gasteiger partial charge in [0.25, 0.3) is 0 Å². The number of anilines is 1. The summed E-state index contributed by atoms with van der Waals surface area (Å²) in [5, 5.41) is 2.70. The molecule has 0 fully saturated rings. The lowest BCUT2D eigenvalue weighted by Gasteiger charge is -2.23. The van der Waals surface area contributed by atoms with Crippen molar-refractivity contribution in [1.82, 2.24) is 10.3 Å². The summed E-state index contributed by atoms with van der Waals surface area (Å²) in [5.74, 6) is -0.323. The van der Waals surface area contributed by atoms with E-state index in [1.807, 2.05) is 13.8 Å². The van der Waals surface area contributed by atoms with Gasteiger partial charge in [0.2, 0.25) is 5.91 Å². The second-order valence-corrected chi connectivity index (χ2v) is 8.70. The molecule has 1 atom stereocenters. The number of aryl methyl sites for hydroxylation is 1. The van der Waals surface area contributed by atoms with E-state index in [4.69, 9.17) is 0 Å². The van der Waals surface area contributed by atoms with E-state index < -0.39 is 29.0 Å². The number of carbonyl (C=O) groups excluding carboxylic acids is 1. The smallest absolute Gasteiger partial charge is 0.433 e. The molecule has 0 spiro atoms. The average molecular weight is 469 g/mol. The van der Waals surface area contributed by atoms with Gasteiger partial charge in [-0.05, 0) is 54.2 Å². The number of alkyl halides is 3. The van der Waals surface area contributed by atoms with Crippen molar-refractivity contribution in [1.29, 1.82) is 0 Å². The van der Waals surface area contributed by atoms with E-state index in [0.717, 1.165) is 21.5 Å². The molecular formula is C22H25F3N3O3S-. The van der Waals surface area contributed by atoms with Crippen molar-refractivity contribution < 1.29 is 26.7 Å². The van der Waals surface area contributed by atoms with E-state index in [1.165, 1.54) is 25.3 Å². The van der Waals surface area contributed by atoms with Crippen LogP contribution in [0.25, 0.3) is 6.08 Å². The minimum atomic E-state index is -4.53. The summed E-state index contributed by atoms with van der Waals surface area (Å²) < 4.78 is 62.2. The molecule has 1 unspecified atom stereocenters. The van der Waals surface area contributed by atoms with Crippen LogP contribution in [-0.4, -0.2) is 26.7 Å². The van der Waals surface area contributed by atoms with Crippen molar-refractivity contribution in [3.8, 4) is 0 Å². The lowest BCUT2D eigenvalue weighted by atomic mass is 10.0. The normalized spacial score (nSPS) is 12.9. The highest BCUT2D eigenvalue weighted by atomic mass is 32.2. The van der Waals surface area contributed by atoms with Crippen LogP contribution in [0, 0.1) is 12.8 Å². The van der Waals surface area contributed by atoms with Crippen molar-refractivity contribution >= 4 is 28.9 Å². The Balaban J connectivity index is 2.09. The van der Waals surface area contributed by atoms with E-state index in [-0.39, 0.29) is 18.2 Å². The Kier molecular flexibility index (Phi) is 8.57. The van der Waals surface area contributed by atoms with Crippen LogP contribution in [0.1, 0.15) is 41.9 Å². The number of carbonyl (C=O) groups is 1. The number of halogens is 3. The molecule has 0 aliphatic heterocycles. The van der Waals surface area contributed by atoms with Gasteiger partial charge >= 0.3 is 6.18 Å². The van der Waals surface area contributed by atoms with Crippen molar-refractivity contribution in [2.24, 2.45) is 5.92 Å². The van der Waals surface area contributed by atoms with Gasteiger partial charge in [-0.15, -0.1) is 0 Å². The summed E-state index contributed by atoms with van der Waals surface area (Å²) in [6, 6.07) is 7.33. The fraction of sp³-hybridized carbons (Fsp3) is 0.364. The van der Waals surface area contributed by atoms with Gasteiger partial charge < -0.3 is 14.2 Å². The maximum Gasteiger partial charge on any atom is 0.433 e. The topological polar surface area (TPSA) is 85.4 Å². The number of amides is 1. The fourth-order valence-electron chi connectivity index (χ4n) is 3.05. The van der Waals surface area contributed by atoms with Gasteiger partial charge in [-0.2, -0.15) is 13.2 Å². The van der Waals surface area contributed by atoms with Crippen LogP contribution in [0.15, 0.2) is 36.4 Å². The summed E-state index contributed by atoms with van der Waals surface area (Å²) >= 11 is -2.39. The van der Waals surface area contributed by atoms with Gasteiger partial charge in [0.15, 0.2) is 0 Å². The number of rotatable bonds is 8. The van der Waals surface area contributed by atoms with Crippen LogP contribution in [0.3, 0.4) is 0 Å². The Morgan fingerprint density at radius 1 is 1.28 bits per heavy atom. The van der Waals surface area contributed by atoms with Gasteiger partial charge in [-0.1, -0.05) is 32.0 Å². The zero-order chi connectivity index (χ0) is 24.1. The maximum atomic E-state index is 13.0. The van der Waals surface area contributed by atoms with Crippen LogP contribution in [0.4, 0.5) is 18.9 Å². The summed E-state index contributed by atoms with van der Waals surface area (Å²) in [4.78, 5) is 16.0. The molecule has 0 bridgehead atoms. The molecule has 2 rings (SSSR count). The first-order chi connectivity index (χ1) is 14.9. The van der Waals surface area contributed by atoms with Crippen molar-refractivity contribution in [3.63, 3.8) is 0 Å². The molecule has 0 aliphatic rings. The first-order valence-corrected chi connectivity index (χ1v) is 10.9. The van der Waals surface area contributed by atoms with Crippen LogP contribution < -0.4 is 9.62 Å². The summed E-state index contributed by atoms with van der Waals surface area (Å²) in [5.41, 5.74) is 1.81. The SMILES string of the molecule is Cc1cc(CNC(=O)C=Cc2ccc(C(F)(F)F)nc2CC(C)C)ccc1N(C)S(=O)[O-]. The van der Waals surface area contributed by atoms with Crippen LogP contribution in [0.2, 0.25) is 0 Å². The molecule has 174 valence electrons. The van der Waals surface area contributed by atoms with Crippen molar-refractivity contribution in [2.75, 3.05) is 11.4 Å². The van der Waals surface area contributed by atoms with Crippen LogP contribution >= 0.6 is 0 Å². The number of hydrogen-bond donors (Lipinski definition) is 1. The Labute approximate surface area is 188 Å². The number of pyridine rings is 1. The molecule has 1 heterocycles. The quantitative estimate of drug-likeness (QED) is 0.466. The minimum Gasteiger partial charge on any atom is -0.755 e. The average Bonchev–Trinajstić information content (AvgIpc) is 2.69. The molecule has 2 aromatic rings. The van der Waals surface area contributed by atoms with E-state index in [0.29, 0.717) is 17.7 Å². The van der Waals surface area contributed by atoms with E-state index >= 15 is 0 Å². The third-order valence-corrected chi connectivity index (χ3v) is 5.25. The van der Waals surface area contributed by atoms with Crippen LogP contribution in [-0.2, 0) is 35.2 Å². The highest BCUT2D eigenvalue weighted by Crippen LogP contribution is 2.29. The number of hydrogen-bond acceptors (Lipinski definition) is 4. The van der Waals surface area contributed by atoms with Gasteiger partial charge in [0.1, 0.15) is 5.69 Å². The Morgan fingerprint density at radius 3 is 2.53 bits per heavy atom. The molecule has 32 heavy (non-hydrogen) atoms. The summed E-state index contributed by atoms with van der Waals surface area (Å²) in [7, 11) is 1.43. The Hall–Kier alpha value is -2.72. The zero-order valence-corrected chi connectivity index (χ0v) is 19.0. The molecule has 0 saturated heterocycles. The lowest BCUT2D eigenvalue weighted by Crippen LogP contribution is -2.22. The second kappa shape index (κ2) is 10.7. The van der Waals surface area contributed by atoms with E-state index in [9.17, 15) is 26.7 Å². The molecule has 6 nitrogen and oxygen atoms in total. The number of benzene rings is 1. The molecular weight excluding hydrogens is 443 g/mol. The molecule has 0 saturated carbocycles. The van der Waals surface area contributed by atoms with E-state index in [1.54, 1.807) is 25.1 Å². The van der Waals surface area contributed by atoms with Crippen molar-refractivity contribution in [2.45, 2.75) is 39.9 Å². The zero-order valence-electron chi connectivity index (χ0n) is 18.2. The predicted octanol–water partition coefficient (Wildman–Crippen LogP) is 4.17. The van der Waals surface area contributed by atoms with Gasteiger partial charge in [-0.3, -0.25) is 9.00 Å². The summed E-state index contributed by atoms with van der Waals surface area (Å²) in [6.07, 6.45) is -1.48. The van der Waals surface area contributed by atoms with Gasteiger partial charge in [0.05, 0.1) is 5.69 Å².